The lowest BCUT2D eigenvalue weighted by Gasteiger charge is -2.13. The normalized spacial score (nSPS) is 13.3. The summed E-state index contributed by atoms with van der Waals surface area (Å²) in [5, 5.41) is 8.95. The largest absolute Gasteiger partial charge is 0.438 e. The molecule has 9 heteroatoms. The molecule has 5 aromatic rings. The second kappa shape index (κ2) is 7.51. The van der Waals surface area contributed by atoms with E-state index in [0.29, 0.717) is 23.1 Å². The smallest absolute Gasteiger partial charge is 0.231 e. The van der Waals surface area contributed by atoms with Gasteiger partial charge in [-0.1, -0.05) is 11.3 Å². The number of ether oxygens (including phenoxy) is 1. The average Bonchev–Trinajstić information content (AvgIpc) is 3.48. The maximum absolute atomic E-state index is 6.36. The van der Waals surface area contributed by atoms with Crippen LogP contribution >= 0.6 is 11.3 Å². The molecule has 0 spiro atoms. The summed E-state index contributed by atoms with van der Waals surface area (Å²) in [5.74, 6) is 1.75. The minimum absolute atomic E-state index is 0.515. The molecule has 0 unspecified atom stereocenters. The third-order valence-electron chi connectivity index (χ3n) is 5.29. The van der Waals surface area contributed by atoms with Crippen molar-refractivity contribution in [3.8, 4) is 28.8 Å². The fourth-order valence-electron chi connectivity index (χ4n) is 3.87. The Kier molecular flexibility index (Phi) is 4.38. The fraction of sp³-hybridized carbons (Fsp3) is 0.182. The summed E-state index contributed by atoms with van der Waals surface area (Å²) in [6, 6.07) is 7.71. The second-order valence-corrected chi connectivity index (χ2v) is 8.36. The van der Waals surface area contributed by atoms with Gasteiger partial charge in [-0.25, -0.2) is 14.6 Å². The van der Waals surface area contributed by atoms with Gasteiger partial charge in [-0.3, -0.25) is 4.98 Å². The summed E-state index contributed by atoms with van der Waals surface area (Å²) in [6.45, 7) is 0. The van der Waals surface area contributed by atoms with Gasteiger partial charge in [0.25, 0.3) is 0 Å². The van der Waals surface area contributed by atoms with Crippen LogP contribution in [0.2, 0.25) is 0 Å². The van der Waals surface area contributed by atoms with Crippen LogP contribution < -0.4 is 4.74 Å². The van der Waals surface area contributed by atoms with E-state index in [2.05, 4.69) is 20.3 Å². The van der Waals surface area contributed by atoms with Gasteiger partial charge < -0.3 is 4.74 Å². The highest BCUT2D eigenvalue weighted by atomic mass is 32.1. The van der Waals surface area contributed by atoms with Crippen molar-refractivity contribution in [3.05, 3.63) is 65.7 Å². The maximum Gasteiger partial charge on any atom is 0.231 e. The summed E-state index contributed by atoms with van der Waals surface area (Å²) in [7, 11) is 0. The number of aryl methyl sites for hydroxylation is 2. The van der Waals surface area contributed by atoms with Crippen LogP contribution in [0.5, 0.6) is 11.6 Å². The molecule has 0 N–H and O–H groups in total. The summed E-state index contributed by atoms with van der Waals surface area (Å²) in [5.41, 5.74) is 2.80. The molecule has 0 radical (unpaired) electrons. The van der Waals surface area contributed by atoms with E-state index in [1.807, 2.05) is 24.3 Å². The van der Waals surface area contributed by atoms with Crippen LogP contribution in [0, 0.1) is 0 Å². The van der Waals surface area contributed by atoms with Crippen molar-refractivity contribution in [3.63, 3.8) is 0 Å². The maximum atomic E-state index is 6.36. The molecular formula is C22H17N7OS. The number of thiophene rings is 1. The highest BCUT2D eigenvalue weighted by Gasteiger charge is 2.23. The zero-order chi connectivity index (χ0) is 20.6. The number of aromatic nitrogens is 7. The van der Waals surface area contributed by atoms with Gasteiger partial charge >= 0.3 is 0 Å². The van der Waals surface area contributed by atoms with Crippen LogP contribution in [-0.4, -0.2) is 34.9 Å². The third kappa shape index (κ3) is 3.32. The first-order valence-corrected chi connectivity index (χ1v) is 10.9. The van der Waals surface area contributed by atoms with Crippen molar-refractivity contribution in [1.82, 2.24) is 34.9 Å². The SMILES string of the molecule is c1cc(Oc2nc(-c3cnccn3)nc3sc4c(c23)CCCC4)cc(-n2ccnn2)c1. The van der Waals surface area contributed by atoms with E-state index in [1.54, 1.807) is 47.0 Å². The van der Waals surface area contributed by atoms with Crippen LogP contribution in [-0.2, 0) is 12.8 Å². The fourth-order valence-corrected chi connectivity index (χ4v) is 5.13. The molecular weight excluding hydrogens is 410 g/mol. The summed E-state index contributed by atoms with van der Waals surface area (Å²) < 4.78 is 8.06. The van der Waals surface area contributed by atoms with Crippen LogP contribution in [0.25, 0.3) is 27.4 Å². The molecule has 4 aromatic heterocycles. The first-order chi connectivity index (χ1) is 15.3. The molecule has 31 heavy (non-hydrogen) atoms. The van der Waals surface area contributed by atoms with Crippen LogP contribution in [0.1, 0.15) is 23.3 Å². The number of hydrogen-bond donors (Lipinski definition) is 0. The predicted molar refractivity (Wildman–Crippen MR) is 117 cm³/mol. The number of benzene rings is 1. The van der Waals surface area contributed by atoms with E-state index in [-0.39, 0.29) is 0 Å². The van der Waals surface area contributed by atoms with E-state index in [9.17, 15) is 0 Å². The Morgan fingerprint density at radius 3 is 2.87 bits per heavy atom. The Balaban J connectivity index is 1.49. The van der Waals surface area contributed by atoms with Crippen molar-refractivity contribution < 1.29 is 4.74 Å². The lowest BCUT2D eigenvalue weighted by Crippen LogP contribution is -2.01. The molecule has 152 valence electrons. The molecule has 1 aromatic carbocycles. The monoisotopic (exact) mass is 427 g/mol. The lowest BCUT2D eigenvalue weighted by atomic mass is 9.97. The minimum atomic E-state index is 0.515. The number of rotatable bonds is 4. The van der Waals surface area contributed by atoms with Crippen molar-refractivity contribution >= 4 is 21.6 Å². The Hall–Kier alpha value is -3.72. The standard InChI is InChI=1S/C22H17N7OS/c1-2-7-18-16(6-1)19-21(26-20(27-22(19)31-18)17-13-23-8-9-24-17)30-15-5-3-4-14(12-15)29-11-10-25-28-29/h3-5,8-13H,1-2,6-7H2. The summed E-state index contributed by atoms with van der Waals surface area (Å²) >= 11 is 1.73. The molecule has 0 bridgehead atoms. The Morgan fingerprint density at radius 1 is 1.03 bits per heavy atom. The molecule has 0 fully saturated rings. The number of hydrogen-bond acceptors (Lipinski definition) is 8. The first-order valence-electron chi connectivity index (χ1n) is 10.1. The molecule has 8 nitrogen and oxygen atoms in total. The number of nitrogens with zero attached hydrogens (tertiary/aromatic N) is 7. The van der Waals surface area contributed by atoms with Gasteiger partial charge in [0.2, 0.25) is 5.88 Å². The van der Waals surface area contributed by atoms with Crippen LogP contribution in [0.15, 0.2) is 55.2 Å². The van der Waals surface area contributed by atoms with E-state index < -0.39 is 0 Å². The van der Waals surface area contributed by atoms with E-state index >= 15 is 0 Å². The van der Waals surface area contributed by atoms with Gasteiger partial charge in [-0.2, -0.15) is 4.98 Å². The second-order valence-electron chi connectivity index (χ2n) is 7.28. The quantitative estimate of drug-likeness (QED) is 0.420. The van der Waals surface area contributed by atoms with Gasteiger partial charge in [0.15, 0.2) is 5.82 Å². The molecule has 0 aliphatic heterocycles. The van der Waals surface area contributed by atoms with Crippen molar-refractivity contribution in [2.45, 2.75) is 25.7 Å². The number of fused-ring (bicyclic) bond motifs is 3. The Bertz CT molecular complexity index is 1370. The molecule has 1 aliphatic carbocycles. The Labute approximate surface area is 181 Å². The van der Waals surface area contributed by atoms with Crippen molar-refractivity contribution in [1.29, 1.82) is 0 Å². The highest BCUT2D eigenvalue weighted by Crippen LogP contribution is 2.41. The van der Waals surface area contributed by atoms with Crippen LogP contribution in [0.4, 0.5) is 0 Å². The zero-order valence-corrected chi connectivity index (χ0v) is 17.3. The van der Waals surface area contributed by atoms with Gasteiger partial charge in [0.1, 0.15) is 16.3 Å². The van der Waals surface area contributed by atoms with Gasteiger partial charge in [0, 0.05) is 23.3 Å². The van der Waals surface area contributed by atoms with Gasteiger partial charge in [0.05, 0.1) is 29.7 Å². The topological polar surface area (TPSA) is 91.5 Å². The molecule has 1 aliphatic rings. The highest BCUT2D eigenvalue weighted by molar-refractivity contribution is 7.18. The molecule has 6 rings (SSSR count). The first kappa shape index (κ1) is 18.1. The van der Waals surface area contributed by atoms with Gasteiger partial charge in [-0.15, -0.1) is 16.4 Å². The molecule has 0 amide bonds. The molecule has 0 saturated heterocycles. The van der Waals surface area contributed by atoms with Crippen molar-refractivity contribution in [2.75, 3.05) is 0 Å². The average molecular weight is 427 g/mol. The third-order valence-corrected chi connectivity index (χ3v) is 6.48. The van der Waals surface area contributed by atoms with Gasteiger partial charge in [-0.05, 0) is 43.4 Å². The Morgan fingerprint density at radius 2 is 2.00 bits per heavy atom. The van der Waals surface area contributed by atoms with E-state index in [4.69, 9.17) is 14.7 Å². The van der Waals surface area contributed by atoms with E-state index in [1.165, 1.54) is 23.3 Å². The van der Waals surface area contributed by atoms with Crippen molar-refractivity contribution in [2.24, 2.45) is 0 Å². The minimum Gasteiger partial charge on any atom is -0.438 e. The summed E-state index contributed by atoms with van der Waals surface area (Å²) in [4.78, 5) is 20.4. The zero-order valence-electron chi connectivity index (χ0n) is 16.5. The molecule has 0 atom stereocenters. The summed E-state index contributed by atoms with van der Waals surface area (Å²) in [6.07, 6.45) is 12.9. The van der Waals surface area contributed by atoms with E-state index in [0.717, 1.165) is 28.7 Å². The molecule has 0 saturated carbocycles. The van der Waals surface area contributed by atoms with Crippen LogP contribution in [0.3, 0.4) is 0 Å². The molecule has 4 heterocycles. The lowest BCUT2D eigenvalue weighted by molar-refractivity contribution is 0.468. The predicted octanol–water partition coefficient (Wildman–Crippen LogP) is 4.40.